The van der Waals surface area contributed by atoms with E-state index in [9.17, 15) is 0 Å². The van der Waals surface area contributed by atoms with Crippen molar-refractivity contribution >= 4 is 33.5 Å². The van der Waals surface area contributed by atoms with Crippen LogP contribution >= 0.6 is 11.6 Å². The first-order valence-corrected chi connectivity index (χ1v) is 6.60. The fourth-order valence-corrected chi connectivity index (χ4v) is 2.15. The van der Waals surface area contributed by atoms with E-state index in [0.29, 0.717) is 5.15 Å². The second-order valence-electron chi connectivity index (χ2n) is 4.25. The maximum absolute atomic E-state index is 5.69. The number of hydrogen-bond acceptors (Lipinski definition) is 2. The Morgan fingerprint density at radius 2 is 1.50 bits per heavy atom. The number of hydrogen-bond donors (Lipinski definition) is 1. The van der Waals surface area contributed by atoms with E-state index < -0.39 is 0 Å². The van der Waals surface area contributed by atoms with Gasteiger partial charge in [0.05, 0.1) is 5.52 Å². The number of rotatable bonds is 0. The molecule has 0 aliphatic carbocycles. The summed E-state index contributed by atoms with van der Waals surface area (Å²) in [6.07, 6.45) is 3.54. The average molecular weight is 282 g/mol. The zero-order valence-electron chi connectivity index (χ0n) is 10.6. The topological polar surface area (TPSA) is 41.6 Å². The van der Waals surface area contributed by atoms with E-state index in [1.807, 2.05) is 48.7 Å². The van der Waals surface area contributed by atoms with Gasteiger partial charge in [0.15, 0.2) is 0 Å². The summed E-state index contributed by atoms with van der Waals surface area (Å²) in [6, 6.07) is 17.8. The van der Waals surface area contributed by atoms with Crippen LogP contribution in [0.1, 0.15) is 0 Å². The Morgan fingerprint density at radius 1 is 0.800 bits per heavy atom. The first-order chi connectivity index (χ1) is 9.83. The molecule has 3 nitrogen and oxygen atoms in total. The molecule has 3 heterocycles. The number of halogens is 1. The van der Waals surface area contributed by atoms with Crippen molar-refractivity contribution in [1.82, 2.24) is 15.0 Å². The summed E-state index contributed by atoms with van der Waals surface area (Å²) in [4.78, 5) is 11.2. The standard InChI is InChI=1S/C9H7N.C7H5ClN2/c1-2-6-9-8(4-1)5-3-7-10-9;8-6-4-5-2-1-3-9-7(5)10-6/h1-7H;1-4H,(H,9,10). The van der Waals surface area contributed by atoms with Crippen LogP contribution in [0.5, 0.6) is 0 Å². The van der Waals surface area contributed by atoms with E-state index in [0.717, 1.165) is 16.6 Å². The number of para-hydroxylation sites is 1. The highest BCUT2D eigenvalue weighted by Gasteiger charge is 1.95. The van der Waals surface area contributed by atoms with Crippen molar-refractivity contribution in [2.75, 3.05) is 0 Å². The Labute approximate surface area is 121 Å². The monoisotopic (exact) mass is 281 g/mol. The lowest BCUT2D eigenvalue weighted by Gasteiger charge is -1.91. The van der Waals surface area contributed by atoms with Crippen LogP contribution in [-0.4, -0.2) is 15.0 Å². The normalized spacial score (nSPS) is 10.2. The summed E-state index contributed by atoms with van der Waals surface area (Å²) in [6.45, 7) is 0. The molecular formula is C16H12ClN3. The summed E-state index contributed by atoms with van der Waals surface area (Å²) >= 11 is 5.69. The maximum Gasteiger partial charge on any atom is 0.138 e. The van der Waals surface area contributed by atoms with Gasteiger partial charge in [-0.3, -0.25) is 4.98 Å². The Bertz CT molecular complexity index is 741. The largest absolute Gasteiger partial charge is 0.330 e. The van der Waals surface area contributed by atoms with Gasteiger partial charge in [0.2, 0.25) is 0 Å². The van der Waals surface area contributed by atoms with Crippen LogP contribution in [0.4, 0.5) is 0 Å². The molecule has 0 unspecified atom stereocenters. The Hall–Kier alpha value is -2.39. The number of aromatic nitrogens is 3. The molecule has 3 aromatic heterocycles. The van der Waals surface area contributed by atoms with E-state index in [1.165, 1.54) is 5.39 Å². The maximum atomic E-state index is 5.69. The van der Waals surface area contributed by atoms with Gasteiger partial charge in [-0.15, -0.1) is 0 Å². The summed E-state index contributed by atoms with van der Waals surface area (Å²) in [5, 5.41) is 2.88. The Balaban J connectivity index is 0.000000121. The SMILES string of the molecule is Clc1cc2cccnc2[nH]1.c1ccc2ncccc2c1. The first kappa shape index (κ1) is 12.6. The highest BCUT2D eigenvalue weighted by Crippen LogP contribution is 2.15. The van der Waals surface area contributed by atoms with Crippen LogP contribution in [-0.2, 0) is 0 Å². The molecule has 0 radical (unpaired) electrons. The number of aromatic amines is 1. The second-order valence-corrected chi connectivity index (χ2v) is 4.66. The third-order valence-corrected chi connectivity index (χ3v) is 3.07. The van der Waals surface area contributed by atoms with Gasteiger partial charge in [-0.1, -0.05) is 35.9 Å². The molecule has 0 fully saturated rings. The molecule has 0 atom stereocenters. The van der Waals surface area contributed by atoms with E-state index >= 15 is 0 Å². The third kappa shape index (κ3) is 2.78. The van der Waals surface area contributed by atoms with Crippen LogP contribution < -0.4 is 0 Å². The second kappa shape index (κ2) is 5.72. The van der Waals surface area contributed by atoms with Gasteiger partial charge in [-0.25, -0.2) is 4.98 Å². The summed E-state index contributed by atoms with van der Waals surface area (Å²) in [7, 11) is 0. The number of H-pyrrole nitrogens is 1. The molecule has 0 aliphatic rings. The minimum atomic E-state index is 0.633. The summed E-state index contributed by atoms with van der Waals surface area (Å²) in [5.41, 5.74) is 1.90. The van der Waals surface area contributed by atoms with E-state index in [1.54, 1.807) is 6.20 Å². The van der Waals surface area contributed by atoms with Crippen LogP contribution in [0.15, 0.2) is 67.0 Å². The molecule has 4 rings (SSSR count). The lowest BCUT2D eigenvalue weighted by atomic mass is 10.2. The van der Waals surface area contributed by atoms with E-state index in [-0.39, 0.29) is 0 Å². The molecule has 1 aromatic carbocycles. The van der Waals surface area contributed by atoms with Gasteiger partial charge < -0.3 is 4.98 Å². The Kier molecular flexibility index (Phi) is 3.61. The van der Waals surface area contributed by atoms with Crippen LogP contribution in [0, 0.1) is 0 Å². The summed E-state index contributed by atoms with van der Waals surface area (Å²) in [5.74, 6) is 0. The smallest absolute Gasteiger partial charge is 0.138 e. The number of nitrogens with one attached hydrogen (secondary N) is 1. The molecule has 0 saturated heterocycles. The van der Waals surface area contributed by atoms with Gasteiger partial charge in [-0.2, -0.15) is 0 Å². The van der Waals surface area contributed by atoms with Gasteiger partial charge in [0.25, 0.3) is 0 Å². The molecule has 4 heteroatoms. The molecule has 98 valence electrons. The van der Waals surface area contributed by atoms with Gasteiger partial charge in [0.1, 0.15) is 10.8 Å². The molecule has 0 saturated carbocycles. The number of benzene rings is 1. The fraction of sp³-hybridized carbons (Fsp3) is 0. The van der Waals surface area contributed by atoms with Crippen molar-refractivity contribution in [3.8, 4) is 0 Å². The van der Waals surface area contributed by atoms with Crippen molar-refractivity contribution < 1.29 is 0 Å². The molecule has 0 amide bonds. The van der Waals surface area contributed by atoms with Gasteiger partial charge in [-0.05, 0) is 30.3 Å². The fourth-order valence-electron chi connectivity index (χ4n) is 1.94. The van der Waals surface area contributed by atoms with Crippen molar-refractivity contribution in [3.05, 3.63) is 72.1 Å². The molecule has 1 N–H and O–H groups in total. The number of pyridine rings is 2. The quantitative estimate of drug-likeness (QED) is 0.517. The van der Waals surface area contributed by atoms with Crippen molar-refractivity contribution in [2.24, 2.45) is 0 Å². The minimum absolute atomic E-state index is 0.633. The number of nitrogens with zero attached hydrogens (tertiary/aromatic N) is 2. The van der Waals surface area contributed by atoms with Gasteiger partial charge in [0, 0.05) is 23.2 Å². The zero-order valence-corrected chi connectivity index (χ0v) is 11.4. The molecule has 0 spiro atoms. The van der Waals surface area contributed by atoms with Crippen molar-refractivity contribution in [1.29, 1.82) is 0 Å². The number of fused-ring (bicyclic) bond motifs is 2. The Morgan fingerprint density at radius 3 is 2.30 bits per heavy atom. The highest BCUT2D eigenvalue weighted by molar-refractivity contribution is 6.30. The lowest BCUT2D eigenvalue weighted by molar-refractivity contribution is 1.33. The molecule has 20 heavy (non-hydrogen) atoms. The molecular weight excluding hydrogens is 270 g/mol. The molecule has 0 bridgehead atoms. The highest BCUT2D eigenvalue weighted by atomic mass is 35.5. The molecule has 0 aliphatic heterocycles. The zero-order chi connectivity index (χ0) is 13.8. The van der Waals surface area contributed by atoms with Gasteiger partial charge >= 0.3 is 0 Å². The van der Waals surface area contributed by atoms with Crippen LogP contribution in [0.3, 0.4) is 0 Å². The van der Waals surface area contributed by atoms with Crippen LogP contribution in [0.25, 0.3) is 21.9 Å². The first-order valence-electron chi connectivity index (χ1n) is 6.22. The predicted octanol–water partition coefficient (Wildman–Crippen LogP) is 4.45. The lowest BCUT2D eigenvalue weighted by Crippen LogP contribution is -1.73. The summed E-state index contributed by atoms with van der Waals surface area (Å²) < 4.78 is 0. The van der Waals surface area contributed by atoms with Crippen LogP contribution in [0.2, 0.25) is 5.15 Å². The van der Waals surface area contributed by atoms with E-state index in [2.05, 4.69) is 27.1 Å². The minimum Gasteiger partial charge on any atom is -0.330 e. The van der Waals surface area contributed by atoms with Crippen molar-refractivity contribution in [2.45, 2.75) is 0 Å². The predicted molar refractivity (Wildman–Crippen MR) is 82.8 cm³/mol. The average Bonchev–Trinajstić information content (AvgIpc) is 2.88. The molecule has 4 aromatic rings. The third-order valence-electron chi connectivity index (χ3n) is 2.87. The van der Waals surface area contributed by atoms with E-state index in [4.69, 9.17) is 11.6 Å². The van der Waals surface area contributed by atoms with Crippen molar-refractivity contribution in [3.63, 3.8) is 0 Å².